The normalized spacial score (nSPS) is 15.3. The number of hydrogen-bond acceptors (Lipinski definition) is 7. The third-order valence-electron chi connectivity index (χ3n) is 7.55. The summed E-state index contributed by atoms with van der Waals surface area (Å²) in [6, 6.07) is 17.2. The van der Waals surface area contributed by atoms with Gasteiger partial charge in [0.05, 0.1) is 25.3 Å². The molecule has 3 aromatic rings. The number of benzene rings is 3. The van der Waals surface area contributed by atoms with E-state index in [-0.39, 0.29) is 24.1 Å². The van der Waals surface area contributed by atoms with Crippen molar-refractivity contribution in [1.29, 1.82) is 0 Å². The molecule has 4 rings (SSSR count). The van der Waals surface area contributed by atoms with Crippen LogP contribution in [0.1, 0.15) is 81.1 Å². The first kappa shape index (κ1) is 34.8. The molecule has 10 heteroatoms. The minimum atomic E-state index is -0.961. The molecule has 0 spiro atoms. The molecule has 9 nitrogen and oxygen atoms in total. The molecule has 0 radical (unpaired) electrons. The van der Waals surface area contributed by atoms with Crippen LogP contribution in [-0.4, -0.2) is 53.3 Å². The maximum absolute atomic E-state index is 13.5. The summed E-state index contributed by atoms with van der Waals surface area (Å²) in [5.41, 5.74) is 2.01. The number of methoxy groups -OCH3 is 1. The summed E-state index contributed by atoms with van der Waals surface area (Å²) >= 11 is 6.16. The summed E-state index contributed by atoms with van der Waals surface area (Å²) in [5, 5.41) is 14.5. The number of aliphatic hydroxyl groups is 1. The number of nitrogens with zero attached hydrogens (tertiary/aromatic N) is 1. The minimum Gasteiger partial charge on any atom is -0.465 e. The molecule has 0 saturated carbocycles. The molecule has 246 valence electrons. The van der Waals surface area contributed by atoms with Gasteiger partial charge in [0.15, 0.2) is 0 Å². The van der Waals surface area contributed by atoms with Crippen LogP contribution in [-0.2, 0) is 27.1 Å². The Bertz CT molecular complexity index is 1590. The van der Waals surface area contributed by atoms with Crippen molar-refractivity contribution in [3.8, 4) is 11.5 Å². The minimum absolute atomic E-state index is 0.0365. The van der Waals surface area contributed by atoms with Crippen molar-refractivity contribution in [1.82, 2.24) is 4.90 Å². The molecule has 2 amide bonds. The monoisotopic (exact) mass is 650 g/mol. The van der Waals surface area contributed by atoms with Crippen LogP contribution in [0.4, 0.5) is 10.5 Å². The molecule has 2 atom stereocenters. The van der Waals surface area contributed by atoms with Crippen LogP contribution in [0.2, 0.25) is 5.02 Å². The lowest BCUT2D eigenvalue weighted by Gasteiger charge is -2.37. The molecule has 1 aliphatic rings. The van der Waals surface area contributed by atoms with Crippen LogP contribution in [0.15, 0.2) is 60.7 Å². The average Bonchev–Trinajstić information content (AvgIpc) is 2.97. The number of aryl methyl sites for hydroxylation is 1. The number of esters is 1. The van der Waals surface area contributed by atoms with E-state index in [9.17, 15) is 19.5 Å². The Morgan fingerprint density at radius 1 is 0.978 bits per heavy atom. The van der Waals surface area contributed by atoms with E-state index in [1.54, 1.807) is 68.1 Å². The molecule has 0 aromatic heterocycles. The molecule has 3 aromatic carbocycles. The number of amides is 2. The molecule has 0 saturated heterocycles. The lowest BCUT2D eigenvalue weighted by molar-refractivity contribution is -0.123. The van der Waals surface area contributed by atoms with Gasteiger partial charge in [-0.3, -0.25) is 4.79 Å². The van der Waals surface area contributed by atoms with E-state index in [1.807, 2.05) is 39.0 Å². The molecule has 1 aliphatic carbocycles. The van der Waals surface area contributed by atoms with Gasteiger partial charge in [-0.2, -0.15) is 0 Å². The number of carbonyl (C=O) groups excluding carboxylic acids is 3. The van der Waals surface area contributed by atoms with Gasteiger partial charge >= 0.3 is 12.1 Å². The Labute approximate surface area is 275 Å². The summed E-state index contributed by atoms with van der Waals surface area (Å²) in [7, 11) is 1.29. The summed E-state index contributed by atoms with van der Waals surface area (Å²) < 4.78 is 16.9. The van der Waals surface area contributed by atoms with Crippen molar-refractivity contribution < 1.29 is 33.7 Å². The van der Waals surface area contributed by atoms with E-state index in [2.05, 4.69) is 5.32 Å². The van der Waals surface area contributed by atoms with Crippen molar-refractivity contribution >= 4 is 35.3 Å². The molecular weight excluding hydrogens is 608 g/mol. The SMILES string of the molecule is COC(=O)c1cc(NC(=O)C(C)(C)C)cc(Oc2ccc3c(c2)C[C@@H](N(C[C@H](O)c2cccc(Cl)c2)C(=O)OC(C)(C)C)CC3)c1. The number of rotatable bonds is 8. The number of fused-ring (bicyclic) bond motifs is 1. The maximum atomic E-state index is 13.5. The van der Waals surface area contributed by atoms with Gasteiger partial charge in [0, 0.05) is 28.2 Å². The van der Waals surface area contributed by atoms with Crippen LogP contribution in [0.3, 0.4) is 0 Å². The van der Waals surface area contributed by atoms with Crippen molar-refractivity contribution in [2.45, 2.75) is 78.6 Å². The zero-order valence-corrected chi connectivity index (χ0v) is 28.2. The maximum Gasteiger partial charge on any atom is 0.410 e. The second kappa shape index (κ2) is 14.1. The summed E-state index contributed by atoms with van der Waals surface area (Å²) in [5.74, 6) is 0.0965. The largest absolute Gasteiger partial charge is 0.465 e. The Balaban J connectivity index is 1.59. The van der Waals surface area contributed by atoms with E-state index >= 15 is 0 Å². The molecule has 0 unspecified atom stereocenters. The molecule has 0 bridgehead atoms. The van der Waals surface area contributed by atoms with Crippen LogP contribution >= 0.6 is 11.6 Å². The second-order valence-electron chi connectivity index (χ2n) is 13.6. The summed E-state index contributed by atoms with van der Waals surface area (Å²) in [6.07, 6.45) is 0.458. The molecule has 46 heavy (non-hydrogen) atoms. The third kappa shape index (κ3) is 9.23. The van der Waals surface area contributed by atoms with Gasteiger partial charge in [-0.25, -0.2) is 9.59 Å². The predicted molar refractivity (Wildman–Crippen MR) is 178 cm³/mol. The molecular formula is C36H43ClN2O7. The average molecular weight is 651 g/mol. The van der Waals surface area contributed by atoms with E-state index in [0.29, 0.717) is 47.0 Å². The lowest BCUT2D eigenvalue weighted by Crippen LogP contribution is -2.47. The zero-order chi connectivity index (χ0) is 33.8. The smallest absolute Gasteiger partial charge is 0.410 e. The highest BCUT2D eigenvalue weighted by Crippen LogP contribution is 2.33. The number of nitrogens with one attached hydrogen (secondary N) is 1. The van der Waals surface area contributed by atoms with E-state index < -0.39 is 29.2 Å². The second-order valence-corrected chi connectivity index (χ2v) is 14.0. The van der Waals surface area contributed by atoms with Crippen molar-refractivity contribution in [3.05, 3.63) is 87.9 Å². The fourth-order valence-electron chi connectivity index (χ4n) is 5.16. The number of ether oxygens (including phenoxy) is 3. The number of hydrogen-bond donors (Lipinski definition) is 2. The van der Waals surface area contributed by atoms with Crippen LogP contribution < -0.4 is 10.1 Å². The van der Waals surface area contributed by atoms with Crippen molar-refractivity contribution in [2.24, 2.45) is 5.41 Å². The van der Waals surface area contributed by atoms with Crippen molar-refractivity contribution in [3.63, 3.8) is 0 Å². The standard InChI is InChI=1S/C36H43ClN2O7/c1-35(2,3)33(42)38-27-16-25(32(41)44-7)19-30(20-27)45-29-14-12-22-11-13-28(17-24(22)18-29)39(34(43)46-36(4,5)6)21-31(40)23-9-8-10-26(37)15-23/h8-10,12,14-16,18-20,28,31,40H,11,13,17,21H2,1-7H3,(H,38,42)/t28-,31-/m0/s1. The van der Waals surface area contributed by atoms with Gasteiger partial charge in [-0.1, -0.05) is 50.6 Å². The first-order valence-electron chi connectivity index (χ1n) is 15.3. The van der Waals surface area contributed by atoms with Gasteiger partial charge in [0.25, 0.3) is 0 Å². The predicted octanol–water partition coefficient (Wildman–Crippen LogP) is 7.73. The van der Waals surface area contributed by atoms with Gasteiger partial charge in [0.2, 0.25) is 5.91 Å². The summed E-state index contributed by atoms with van der Waals surface area (Å²) in [6.45, 7) is 10.9. The number of halogens is 1. The Hall–Kier alpha value is -4.08. The zero-order valence-electron chi connectivity index (χ0n) is 27.5. The topological polar surface area (TPSA) is 114 Å². The van der Waals surface area contributed by atoms with Gasteiger partial charge in [-0.05, 0) is 93.1 Å². The lowest BCUT2D eigenvalue weighted by atomic mass is 9.87. The number of carbonyl (C=O) groups is 3. The Kier molecular flexibility index (Phi) is 10.7. The van der Waals surface area contributed by atoms with Crippen LogP contribution in [0.5, 0.6) is 11.5 Å². The van der Waals surface area contributed by atoms with E-state index in [4.69, 9.17) is 25.8 Å². The van der Waals surface area contributed by atoms with Crippen LogP contribution in [0, 0.1) is 5.41 Å². The fourth-order valence-corrected chi connectivity index (χ4v) is 5.36. The molecule has 0 fully saturated rings. The highest BCUT2D eigenvalue weighted by Gasteiger charge is 2.33. The van der Waals surface area contributed by atoms with E-state index in [1.165, 1.54) is 7.11 Å². The quantitative estimate of drug-likeness (QED) is 0.240. The first-order chi connectivity index (χ1) is 21.5. The first-order valence-corrected chi connectivity index (χ1v) is 15.7. The molecule has 0 aliphatic heterocycles. The van der Waals surface area contributed by atoms with Gasteiger partial charge < -0.3 is 29.5 Å². The molecule has 0 heterocycles. The van der Waals surface area contributed by atoms with E-state index in [0.717, 1.165) is 11.1 Å². The Morgan fingerprint density at radius 2 is 1.72 bits per heavy atom. The summed E-state index contributed by atoms with van der Waals surface area (Å²) in [4.78, 5) is 40.1. The van der Waals surface area contributed by atoms with Gasteiger partial charge in [0.1, 0.15) is 17.1 Å². The van der Waals surface area contributed by atoms with Gasteiger partial charge in [-0.15, -0.1) is 0 Å². The van der Waals surface area contributed by atoms with Crippen molar-refractivity contribution in [2.75, 3.05) is 19.0 Å². The highest BCUT2D eigenvalue weighted by atomic mass is 35.5. The third-order valence-corrected chi connectivity index (χ3v) is 7.79. The highest BCUT2D eigenvalue weighted by molar-refractivity contribution is 6.30. The fraction of sp³-hybridized carbons (Fsp3) is 0.417. The number of anilines is 1. The number of aliphatic hydroxyl groups excluding tert-OH is 1. The van der Waals surface area contributed by atoms with Crippen LogP contribution in [0.25, 0.3) is 0 Å². The Morgan fingerprint density at radius 3 is 2.37 bits per heavy atom. The molecule has 2 N–H and O–H groups in total.